The summed E-state index contributed by atoms with van der Waals surface area (Å²) in [7, 11) is 1.86. The molecule has 1 fully saturated rings. The van der Waals surface area contributed by atoms with Crippen LogP contribution in [-0.4, -0.2) is 53.8 Å². The van der Waals surface area contributed by atoms with Crippen LogP contribution in [0, 0.1) is 6.92 Å². The van der Waals surface area contributed by atoms with Gasteiger partial charge in [0.25, 0.3) is 5.92 Å². The van der Waals surface area contributed by atoms with Gasteiger partial charge in [0.1, 0.15) is 12.4 Å². The fourth-order valence-electron chi connectivity index (χ4n) is 3.34. The Kier molecular flexibility index (Phi) is 4.13. The minimum atomic E-state index is -2.72. The van der Waals surface area contributed by atoms with Crippen molar-refractivity contribution in [2.24, 2.45) is 7.05 Å². The lowest BCUT2D eigenvalue weighted by Gasteiger charge is -2.21. The largest absolute Gasteiger partial charge is 0.348 e. The third-order valence-electron chi connectivity index (χ3n) is 4.82. The van der Waals surface area contributed by atoms with Crippen LogP contribution in [0.25, 0.3) is 11.2 Å². The number of nitrogens with zero attached hydrogens (tertiary/aromatic N) is 8. The van der Waals surface area contributed by atoms with Crippen LogP contribution < -0.4 is 4.90 Å². The molecular weight excluding hydrogens is 366 g/mol. The van der Waals surface area contributed by atoms with E-state index >= 15 is 0 Å². The second-order valence-corrected chi connectivity index (χ2v) is 8.45. The van der Waals surface area contributed by atoms with Crippen molar-refractivity contribution in [3.05, 3.63) is 23.3 Å². The molecular formula is C18H24F2N8. The molecule has 0 aliphatic carbocycles. The average molecular weight is 390 g/mol. The second-order valence-electron chi connectivity index (χ2n) is 8.45. The van der Waals surface area contributed by atoms with Crippen molar-refractivity contribution in [1.29, 1.82) is 0 Å². The number of aromatic nitrogens is 7. The first kappa shape index (κ1) is 18.7. The van der Waals surface area contributed by atoms with E-state index in [9.17, 15) is 8.78 Å². The van der Waals surface area contributed by atoms with E-state index in [0.29, 0.717) is 29.4 Å². The summed E-state index contributed by atoms with van der Waals surface area (Å²) < 4.78 is 29.4. The molecule has 0 saturated carbocycles. The smallest absolute Gasteiger partial charge is 0.266 e. The third-order valence-corrected chi connectivity index (χ3v) is 4.82. The predicted octanol–water partition coefficient (Wildman–Crippen LogP) is 2.45. The minimum absolute atomic E-state index is 0.189. The van der Waals surface area contributed by atoms with Gasteiger partial charge >= 0.3 is 0 Å². The Labute approximate surface area is 161 Å². The highest BCUT2D eigenvalue weighted by molar-refractivity contribution is 5.82. The molecule has 0 atom stereocenters. The summed E-state index contributed by atoms with van der Waals surface area (Å²) in [4.78, 5) is 12.3. The van der Waals surface area contributed by atoms with E-state index in [-0.39, 0.29) is 24.9 Å². The summed E-state index contributed by atoms with van der Waals surface area (Å²) in [6, 6.07) is 1.96. The van der Waals surface area contributed by atoms with Gasteiger partial charge in [0.05, 0.1) is 17.9 Å². The van der Waals surface area contributed by atoms with Crippen LogP contribution >= 0.6 is 0 Å². The molecule has 0 spiro atoms. The Hall–Kier alpha value is -2.65. The quantitative estimate of drug-likeness (QED) is 0.684. The lowest BCUT2D eigenvalue weighted by Crippen LogP contribution is -2.27. The number of aryl methyl sites for hydroxylation is 2. The van der Waals surface area contributed by atoms with Crippen molar-refractivity contribution in [1.82, 2.24) is 34.7 Å². The van der Waals surface area contributed by atoms with Gasteiger partial charge in [-0.05, 0) is 13.0 Å². The van der Waals surface area contributed by atoms with Gasteiger partial charge < -0.3 is 4.90 Å². The molecule has 3 aromatic heterocycles. The zero-order valence-electron chi connectivity index (χ0n) is 16.7. The molecule has 150 valence electrons. The number of hydrogen-bond donors (Lipinski definition) is 0. The van der Waals surface area contributed by atoms with Gasteiger partial charge in [-0.15, -0.1) is 10.2 Å². The van der Waals surface area contributed by atoms with Gasteiger partial charge in [-0.2, -0.15) is 9.90 Å². The summed E-state index contributed by atoms with van der Waals surface area (Å²) in [5.41, 5.74) is 2.38. The summed E-state index contributed by atoms with van der Waals surface area (Å²) in [6.45, 7) is 8.16. The number of halogens is 2. The van der Waals surface area contributed by atoms with Crippen molar-refractivity contribution in [2.75, 3.05) is 18.0 Å². The summed E-state index contributed by atoms with van der Waals surface area (Å²) in [5, 5.41) is 13.4. The minimum Gasteiger partial charge on any atom is -0.348 e. The molecule has 0 amide bonds. The van der Waals surface area contributed by atoms with Gasteiger partial charge in [-0.3, -0.25) is 4.68 Å². The van der Waals surface area contributed by atoms with Crippen molar-refractivity contribution in [3.8, 4) is 0 Å². The van der Waals surface area contributed by atoms with E-state index < -0.39 is 5.92 Å². The number of anilines is 1. The fraction of sp³-hybridized carbons (Fsp3) is 0.611. The van der Waals surface area contributed by atoms with E-state index in [4.69, 9.17) is 0 Å². The highest BCUT2D eigenvalue weighted by atomic mass is 19.3. The average Bonchev–Trinajstić information content (AvgIpc) is 3.22. The summed E-state index contributed by atoms with van der Waals surface area (Å²) in [5.74, 6) is -1.73. The first-order valence-electron chi connectivity index (χ1n) is 9.27. The molecule has 4 heterocycles. The normalized spacial score (nSPS) is 17.0. The molecule has 1 aliphatic heterocycles. The number of fused-ring (bicyclic) bond motifs is 1. The van der Waals surface area contributed by atoms with E-state index in [2.05, 4.69) is 25.3 Å². The summed E-state index contributed by atoms with van der Waals surface area (Å²) >= 11 is 0. The first-order valence-corrected chi connectivity index (χ1v) is 9.27. The van der Waals surface area contributed by atoms with Crippen LogP contribution in [0.4, 0.5) is 14.6 Å². The molecule has 0 aromatic carbocycles. The number of rotatable bonds is 3. The third kappa shape index (κ3) is 3.43. The van der Waals surface area contributed by atoms with Crippen molar-refractivity contribution >= 4 is 17.0 Å². The second kappa shape index (κ2) is 6.18. The van der Waals surface area contributed by atoms with Gasteiger partial charge in [-0.25, -0.2) is 18.7 Å². The zero-order chi connectivity index (χ0) is 20.3. The molecule has 1 aliphatic rings. The van der Waals surface area contributed by atoms with Crippen LogP contribution in [0.5, 0.6) is 0 Å². The molecule has 8 nitrogen and oxygen atoms in total. The van der Waals surface area contributed by atoms with Gasteiger partial charge in [-0.1, -0.05) is 20.8 Å². The molecule has 0 N–H and O–H groups in total. The van der Waals surface area contributed by atoms with Crippen LogP contribution in [-0.2, 0) is 19.0 Å². The molecule has 10 heteroatoms. The van der Waals surface area contributed by atoms with Crippen molar-refractivity contribution in [3.63, 3.8) is 0 Å². The van der Waals surface area contributed by atoms with Gasteiger partial charge in [0.15, 0.2) is 11.3 Å². The lowest BCUT2D eigenvalue weighted by molar-refractivity contribution is 0.0257. The molecule has 4 rings (SSSR count). The fourth-order valence-corrected chi connectivity index (χ4v) is 3.34. The van der Waals surface area contributed by atoms with Gasteiger partial charge in [0, 0.05) is 25.4 Å². The lowest BCUT2D eigenvalue weighted by atomic mass is 9.96. The van der Waals surface area contributed by atoms with Crippen LogP contribution in [0.3, 0.4) is 0 Å². The van der Waals surface area contributed by atoms with Crippen LogP contribution in [0.2, 0.25) is 0 Å². The molecule has 0 bridgehead atoms. The molecule has 0 unspecified atom stereocenters. The Morgan fingerprint density at radius 2 is 1.89 bits per heavy atom. The standard InChI is InChI=1S/C18H24F2N8/c1-11-8-12(26(5)23-11)9-28-24-13-14(25-28)21-16(17(2,3)4)22-15(13)27-7-6-18(19,20)10-27/h8H,6-7,9-10H2,1-5H3. The van der Waals surface area contributed by atoms with Crippen molar-refractivity contribution < 1.29 is 8.78 Å². The Morgan fingerprint density at radius 3 is 2.46 bits per heavy atom. The van der Waals surface area contributed by atoms with E-state index in [1.807, 2.05) is 40.8 Å². The SMILES string of the molecule is Cc1cc(Cn2nc3nc(C(C)(C)C)nc(N4CCC(F)(F)C4)c3n2)n(C)n1. The maximum atomic E-state index is 13.8. The van der Waals surface area contributed by atoms with Gasteiger partial charge in [0.2, 0.25) is 5.65 Å². The zero-order valence-corrected chi connectivity index (χ0v) is 16.7. The number of alkyl halides is 2. The monoisotopic (exact) mass is 390 g/mol. The maximum Gasteiger partial charge on any atom is 0.266 e. The van der Waals surface area contributed by atoms with E-state index in [1.54, 1.807) is 9.58 Å². The molecule has 0 radical (unpaired) electrons. The Balaban J connectivity index is 1.79. The molecule has 28 heavy (non-hydrogen) atoms. The van der Waals surface area contributed by atoms with Crippen molar-refractivity contribution in [2.45, 2.75) is 52.0 Å². The Morgan fingerprint density at radius 1 is 1.14 bits per heavy atom. The Bertz CT molecular complexity index is 1030. The van der Waals surface area contributed by atoms with Crippen LogP contribution in [0.1, 0.15) is 44.4 Å². The topological polar surface area (TPSA) is 77.5 Å². The first-order chi connectivity index (χ1) is 13.0. The van der Waals surface area contributed by atoms with E-state index in [0.717, 1.165) is 11.4 Å². The predicted molar refractivity (Wildman–Crippen MR) is 101 cm³/mol. The highest BCUT2D eigenvalue weighted by Gasteiger charge is 2.40. The van der Waals surface area contributed by atoms with E-state index in [1.165, 1.54) is 4.80 Å². The summed E-state index contributed by atoms with van der Waals surface area (Å²) in [6.07, 6.45) is -0.189. The number of hydrogen-bond acceptors (Lipinski definition) is 6. The highest BCUT2D eigenvalue weighted by Crippen LogP contribution is 2.33. The molecule has 3 aromatic rings. The maximum absolute atomic E-state index is 13.8. The molecule has 1 saturated heterocycles. The van der Waals surface area contributed by atoms with Crippen LogP contribution in [0.15, 0.2) is 6.07 Å².